The molecule has 2 heterocycles. The third-order valence-electron chi connectivity index (χ3n) is 9.24. The summed E-state index contributed by atoms with van der Waals surface area (Å²) in [4.78, 5) is 27.9. The first-order chi connectivity index (χ1) is 20.8. The number of carbonyl (C=O) groups is 2. The largest absolute Gasteiger partial charge is 0.451 e. The molecule has 4 heteroatoms. The van der Waals surface area contributed by atoms with Gasteiger partial charge in [0.05, 0.1) is 0 Å². The van der Waals surface area contributed by atoms with Gasteiger partial charge >= 0.3 is 0 Å². The Morgan fingerprint density at radius 2 is 1.58 bits per heavy atom. The quantitative estimate of drug-likeness (QED) is 0.145. The molecule has 2 aliphatic carbocycles. The highest BCUT2D eigenvalue weighted by molar-refractivity contribution is 6.05. The summed E-state index contributed by atoms with van der Waals surface area (Å²) in [7, 11) is 0. The topological polar surface area (TPSA) is 60.2 Å². The molecule has 0 spiro atoms. The van der Waals surface area contributed by atoms with E-state index in [2.05, 4.69) is 100 Å². The van der Waals surface area contributed by atoms with Crippen LogP contribution in [0.1, 0.15) is 145 Å². The van der Waals surface area contributed by atoms with Crippen LogP contribution in [0.4, 0.5) is 0 Å². The highest BCUT2D eigenvalue weighted by Gasteiger charge is 2.39. The van der Waals surface area contributed by atoms with Gasteiger partial charge in [-0.05, 0) is 80.8 Å². The van der Waals surface area contributed by atoms with Gasteiger partial charge in [-0.2, -0.15) is 0 Å². The number of Topliss-reactive ketones (excluding diaryl/α,β-unsaturated/α-hetero) is 1. The minimum atomic E-state index is -0.167. The van der Waals surface area contributed by atoms with Crippen LogP contribution in [-0.4, -0.2) is 16.6 Å². The number of hydrogen-bond donors (Lipinski definition) is 0. The molecule has 0 aromatic carbocycles. The number of rotatable bonds is 5. The van der Waals surface area contributed by atoms with Crippen molar-refractivity contribution in [3.8, 4) is 0 Å². The van der Waals surface area contributed by atoms with Crippen LogP contribution < -0.4 is 0 Å². The Bertz CT molecular complexity index is 1300. The summed E-state index contributed by atoms with van der Waals surface area (Å²) in [5.41, 5.74) is 5.09. The van der Waals surface area contributed by atoms with Crippen molar-refractivity contribution in [2.24, 2.45) is 22.7 Å². The van der Waals surface area contributed by atoms with E-state index in [0.29, 0.717) is 16.7 Å². The highest BCUT2D eigenvalue weighted by Crippen LogP contribution is 2.43. The number of aromatic nitrogens is 1. The average molecular weight is 620 g/mol. The molecule has 45 heavy (non-hydrogen) atoms. The first kappa shape index (κ1) is 40.0. The van der Waals surface area contributed by atoms with Gasteiger partial charge in [0, 0.05) is 30.7 Å². The lowest BCUT2D eigenvalue weighted by atomic mass is 9.67. The Labute approximate surface area is 277 Å². The van der Waals surface area contributed by atoms with Crippen molar-refractivity contribution in [3.05, 3.63) is 78.8 Å². The van der Waals surface area contributed by atoms with E-state index >= 15 is 0 Å². The lowest BCUT2D eigenvalue weighted by Gasteiger charge is -2.37. The lowest BCUT2D eigenvalue weighted by Crippen LogP contribution is -2.33. The molecule has 2 aliphatic rings. The predicted octanol–water partition coefficient (Wildman–Crippen LogP) is 12.4. The third-order valence-corrected chi connectivity index (χ3v) is 9.24. The summed E-state index contributed by atoms with van der Waals surface area (Å²) in [6, 6.07) is 3.82. The van der Waals surface area contributed by atoms with Gasteiger partial charge in [0.15, 0.2) is 17.1 Å². The van der Waals surface area contributed by atoms with Gasteiger partial charge in [0.25, 0.3) is 0 Å². The molecule has 2 saturated carbocycles. The molecule has 2 aromatic heterocycles. The van der Waals surface area contributed by atoms with Gasteiger partial charge in [0.1, 0.15) is 5.52 Å². The maximum absolute atomic E-state index is 13.0. The van der Waals surface area contributed by atoms with E-state index in [0.717, 1.165) is 41.8 Å². The van der Waals surface area contributed by atoms with Crippen LogP contribution >= 0.6 is 0 Å². The zero-order valence-electron chi connectivity index (χ0n) is 30.6. The summed E-state index contributed by atoms with van der Waals surface area (Å²) in [5.74, 6) is 1.50. The van der Waals surface area contributed by atoms with Crippen LogP contribution in [0.2, 0.25) is 0 Å². The second kappa shape index (κ2) is 17.6. The van der Waals surface area contributed by atoms with Crippen molar-refractivity contribution in [2.45, 2.75) is 133 Å². The Morgan fingerprint density at radius 3 is 2.00 bits per heavy atom. The van der Waals surface area contributed by atoms with E-state index in [1.807, 2.05) is 19.1 Å². The van der Waals surface area contributed by atoms with Gasteiger partial charge in [-0.15, -0.1) is 0 Å². The molecular formula is C41H65NO3. The van der Waals surface area contributed by atoms with Crippen LogP contribution in [0.3, 0.4) is 0 Å². The normalized spacial score (nSPS) is 18.8. The van der Waals surface area contributed by atoms with Crippen molar-refractivity contribution >= 4 is 22.7 Å². The summed E-state index contributed by atoms with van der Waals surface area (Å²) < 4.78 is 6.02. The minimum Gasteiger partial charge on any atom is -0.451 e. The SMILES string of the molecule is C=CC(=C)C(=O)C=C.CC(C)(C)c1ccnc2cc(C(=O)C3CCCCC3(C)C)oc12.CC1CCC(C)(C)CC1.CC=C(C)C.[HH]. The van der Waals surface area contributed by atoms with Crippen molar-refractivity contribution in [1.29, 1.82) is 0 Å². The first-order valence-electron chi connectivity index (χ1n) is 16.8. The molecule has 0 N–H and O–H groups in total. The fraction of sp³-hybridized carbons (Fsp3) is 0.585. The molecule has 1 unspecified atom stereocenters. The van der Waals surface area contributed by atoms with Crippen LogP contribution in [0.25, 0.3) is 11.1 Å². The number of carbonyl (C=O) groups excluding carboxylic acids is 2. The monoisotopic (exact) mass is 619 g/mol. The van der Waals surface area contributed by atoms with E-state index in [1.165, 1.54) is 49.8 Å². The summed E-state index contributed by atoms with van der Waals surface area (Å²) in [6.45, 7) is 34.2. The van der Waals surface area contributed by atoms with Gasteiger partial charge in [-0.25, -0.2) is 0 Å². The molecule has 2 aromatic rings. The summed E-state index contributed by atoms with van der Waals surface area (Å²) in [6.07, 6.45) is 16.7. The summed E-state index contributed by atoms with van der Waals surface area (Å²) in [5, 5.41) is 0. The molecule has 2 fully saturated rings. The van der Waals surface area contributed by atoms with Crippen molar-refractivity contribution in [1.82, 2.24) is 4.98 Å². The van der Waals surface area contributed by atoms with E-state index < -0.39 is 0 Å². The molecule has 1 atom stereocenters. The molecule has 0 saturated heterocycles. The average Bonchev–Trinajstić information content (AvgIpc) is 3.42. The Balaban J connectivity index is 0.000000725. The fourth-order valence-electron chi connectivity index (χ4n) is 5.58. The lowest BCUT2D eigenvalue weighted by molar-refractivity contribution is -0.111. The Hall–Kier alpha value is -3.01. The maximum atomic E-state index is 13.0. The number of furan rings is 1. The van der Waals surface area contributed by atoms with Crippen molar-refractivity contribution in [3.63, 3.8) is 0 Å². The van der Waals surface area contributed by atoms with Crippen LogP contribution in [-0.2, 0) is 10.2 Å². The molecular weight excluding hydrogens is 554 g/mol. The second-order valence-electron chi connectivity index (χ2n) is 15.6. The highest BCUT2D eigenvalue weighted by atomic mass is 16.3. The fourth-order valence-corrected chi connectivity index (χ4v) is 5.58. The van der Waals surface area contributed by atoms with E-state index in [4.69, 9.17) is 4.42 Å². The van der Waals surface area contributed by atoms with E-state index in [1.54, 1.807) is 6.20 Å². The zero-order chi connectivity index (χ0) is 34.6. The number of allylic oxidation sites excluding steroid dienone is 5. The molecule has 4 nitrogen and oxygen atoms in total. The van der Waals surface area contributed by atoms with Crippen LogP contribution in [0, 0.1) is 22.7 Å². The van der Waals surface area contributed by atoms with Crippen LogP contribution in [0.15, 0.2) is 71.9 Å². The van der Waals surface area contributed by atoms with Gasteiger partial charge < -0.3 is 4.42 Å². The van der Waals surface area contributed by atoms with E-state index in [-0.39, 0.29) is 29.7 Å². The number of ketones is 2. The van der Waals surface area contributed by atoms with Gasteiger partial charge in [-0.3, -0.25) is 14.6 Å². The zero-order valence-corrected chi connectivity index (χ0v) is 30.6. The number of pyridine rings is 1. The summed E-state index contributed by atoms with van der Waals surface area (Å²) >= 11 is 0. The maximum Gasteiger partial charge on any atom is 0.201 e. The smallest absolute Gasteiger partial charge is 0.201 e. The van der Waals surface area contributed by atoms with Crippen molar-refractivity contribution in [2.75, 3.05) is 0 Å². The molecule has 0 bridgehead atoms. The molecule has 252 valence electrons. The Morgan fingerprint density at radius 1 is 1.00 bits per heavy atom. The van der Waals surface area contributed by atoms with Crippen LogP contribution in [0.5, 0.6) is 0 Å². The number of fused-ring (bicyclic) bond motifs is 1. The predicted molar refractivity (Wildman–Crippen MR) is 196 cm³/mol. The molecule has 0 amide bonds. The minimum absolute atomic E-state index is 0. The molecule has 0 radical (unpaired) electrons. The van der Waals surface area contributed by atoms with Gasteiger partial charge in [-0.1, -0.05) is 119 Å². The van der Waals surface area contributed by atoms with Gasteiger partial charge in [0.2, 0.25) is 5.78 Å². The molecule has 4 rings (SSSR count). The second-order valence-corrected chi connectivity index (χ2v) is 15.6. The third kappa shape index (κ3) is 13.1. The molecule has 0 aliphatic heterocycles. The number of hydrogen-bond acceptors (Lipinski definition) is 4. The number of nitrogens with zero attached hydrogens (tertiary/aromatic N) is 1. The first-order valence-corrected chi connectivity index (χ1v) is 16.8. The Kier molecular flexibility index (Phi) is 15.7. The standard InChI is InChI=1S/C20H27NO2.C9H18.C7H8O.C5H10.H2/c1-19(2,3)14-9-11-21-15-12-16(23-18(14)15)17(22)13-8-6-7-10-20(13,4)5;1-8-4-6-9(2,3)7-5-8;1-4-6(3)7(8)5-2;1-4-5(2)3;/h9,11-13H,6-8,10H2,1-5H3;8H,4-7H2,1-3H3;4-5H,1-3H2;4H,1-3H3;1H. The van der Waals surface area contributed by atoms with Crippen molar-refractivity contribution < 1.29 is 15.4 Å². The van der Waals surface area contributed by atoms with E-state index in [9.17, 15) is 9.59 Å².